The van der Waals surface area contributed by atoms with Crippen molar-refractivity contribution in [3.05, 3.63) is 11.6 Å². The highest BCUT2D eigenvalue weighted by Crippen LogP contribution is 2.21. The first-order chi connectivity index (χ1) is 8.52. The molecule has 1 rings (SSSR count). The van der Waals surface area contributed by atoms with Crippen LogP contribution < -0.4 is 0 Å². The lowest BCUT2D eigenvalue weighted by Crippen LogP contribution is -2.38. The fourth-order valence-electron chi connectivity index (χ4n) is 1.51. The monoisotopic (exact) mass is 269 g/mol. The summed E-state index contributed by atoms with van der Waals surface area (Å²) in [6.07, 6.45) is 1.88. The van der Waals surface area contributed by atoms with Gasteiger partial charge in [-0.25, -0.2) is 9.78 Å². The Morgan fingerprint density at radius 3 is 2.11 bits per heavy atom. The van der Waals surface area contributed by atoms with Crippen LogP contribution in [0, 0.1) is 0 Å². The van der Waals surface area contributed by atoms with Gasteiger partial charge in [0.05, 0.1) is 11.2 Å². The summed E-state index contributed by atoms with van der Waals surface area (Å²) < 4.78 is 0. The second-order valence-corrected chi connectivity index (χ2v) is 6.41. The summed E-state index contributed by atoms with van der Waals surface area (Å²) in [5.74, 6) is -0.479. The van der Waals surface area contributed by atoms with Crippen LogP contribution in [0.2, 0.25) is 0 Å². The Morgan fingerprint density at radius 1 is 1.11 bits per heavy atom. The highest BCUT2D eigenvalue weighted by atomic mass is 17.2. The molecule has 1 aliphatic heterocycles. The highest BCUT2D eigenvalue weighted by molar-refractivity contribution is 6.15. The quantitative estimate of drug-likeness (QED) is 0.436. The van der Waals surface area contributed by atoms with E-state index in [4.69, 9.17) is 9.78 Å². The molecular formula is C14H23NO4. The molecule has 5 heteroatoms. The van der Waals surface area contributed by atoms with Crippen molar-refractivity contribution in [2.45, 2.75) is 59.2 Å². The van der Waals surface area contributed by atoms with Gasteiger partial charge in [-0.2, -0.15) is 0 Å². The van der Waals surface area contributed by atoms with E-state index in [-0.39, 0.29) is 11.8 Å². The number of imide groups is 1. The van der Waals surface area contributed by atoms with Gasteiger partial charge in [-0.1, -0.05) is 0 Å². The smallest absolute Gasteiger partial charge is 0.256 e. The van der Waals surface area contributed by atoms with Crippen molar-refractivity contribution in [3.63, 3.8) is 0 Å². The van der Waals surface area contributed by atoms with Crippen LogP contribution in [0.3, 0.4) is 0 Å². The van der Waals surface area contributed by atoms with Gasteiger partial charge in [0.15, 0.2) is 0 Å². The molecule has 108 valence electrons. The number of carbonyl (C=O) groups is 2. The molecule has 0 unspecified atom stereocenters. The maximum absolute atomic E-state index is 11.7. The largest absolute Gasteiger partial charge is 0.275 e. The molecule has 0 saturated carbocycles. The van der Waals surface area contributed by atoms with E-state index in [1.54, 1.807) is 6.92 Å². The summed E-state index contributed by atoms with van der Waals surface area (Å²) in [5, 5.41) is 0. The number of amides is 2. The van der Waals surface area contributed by atoms with Crippen LogP contribution in [0.1, 0.15) is 48.0 Å². The van der Waals surface area contributed by atoms with Gasteiger partial charge < -0.3 is 0 Å². The van der Waals surface area contributed by atoms with Crippen LogP contribution in [0.25, 0.3) is 0 Å². The molecule has 0 aromatic carbocycles. The molecule has 0 fully saturated rings. The van der Waals surface area contributed by atoms with Gasteiger partial charge in [0, 0.05) is 18.2 Å². The van der Waals surface area contributed by atoms with E-state index in [9.17, 15) is 9.59 Å². The molecule has 0 spiro atoms. The van der Waals surface area contributed by atoms with E-state index >= 15 is 0 Å². The zero-order chi connectivity index (χ0) is 14.8. The summed E-state index contributed by atoms with van der Waals surface area (Å²) in [7, 11) is 0. The molecule has 0 bridgehead atoms. The topological polar surface area (TPSA) is 55.8 Å². The first-order valence-corrected chi connectivity index (χ1v) is 6.43. The third kappa shape index (κ3) is 4.76. The minimum absolute atomic E-state index is 0.225. The van der Waals surface area contributed by atoms with Crippen LogP contribution in [0.5, 0.6) is 0 Å². The van der Waals surface area contributed by atoms with E-state index in [1.165, 1.54) is 11.0 Å². The summed E-state index contributed by atoms with van der Waals surface area (Å²) in [6.45, 7) is 11.4. The Morgan fingerprint density at radius 2 is 1.68 bits per heavy atom. The average molecular weight is 269 g/mol. The van der Waals surface area contributed by atoms with E-state index in [0.717, 1.165) is 0 Å². The Labute approximate surface area is 114 Å². The third-order valence-corrected chi connectivity index (χ3v) is 2.64. The van der Waals surface area contributed by atoms with Gasteiger partial charge in [-0.05, 0) is 48.0 Å². The van der Waals surface area contributed by atoms with Gasteiger partial charge in [0.1, 0.15) is 0 Å². The Hall–Kier alpha value is -1.20. The second kappa shape index (κ2) is 5.43. The number of nitrogens with zero attached hydrogens (tertiary/aromatic N) is 1. The molecule has 1 aliphatic rings. The van der Waals surface area contributed by atoms with Crippen molar-refractivity contribution in [1.82, 2.24) is 4.90 Å². The van der Waals surface area contributed by atoms with Crippen LogP contribution >= 0.6 is 0 Å². The van der Waals surface area contributed by atoms with E-state index in [2.05, 4.69) is 0 Å². The van der Waals surface area contributed by atoms with E-state index < -0.39 is 11.2 Å². The SMILES string of the molecule is CC1=CC(=O)N(CCC(C)(C)OOC(C)(C)C)C1=O. The van der Waals surface area contributed by atoms with Crippen molar-refractivity contribution in [1.29, 1.82) is 0 Å². The summed E-state index contributed by atoms with van der Waals surface area (Å²) >= 11 is 0. The molecule has 0 atom stereocenters. The molecule has 0 saturated heterocycles. The highest BCUT2D eigenvalue weighted by Gasteiger charge is 2.31. The molecule has 2 amide bonds. The van der Waals surface area contributed by atoms with E-state index in [0.29, 0.717) is 18.5 Å². The predicted molar refractivity (Wildman–Crippen MR) is 71.1 cm³/mol. The molecule has 0 radical (unpaired) electrons. The lowest BCUT2D eigenvalue weighted by Gasteiger charge is -2.29. The number of rotatable bonds is 5. The zero-order valence-electron chi connectivity index (χ0n) is 12.6. The fourth-order valence-corrected chi connectivity index (χ4v) is 1.51. The maximum atomic E-state index is 11.7. The molecule has 1 heterocycles. The minimum Gasteiger partial charge on any atom is -0.275 e. The molecule has 5 nitrogen and oxygen atoms in total. The molecule has 0 aromatic rings. The summed E-state index contributed by atoms with van der Waals surface area (Å²) in [5.41, 5.74) is -0.478. The number of carbonyl (C=O) groups excluding carboxylic acids is 2. The van der Waals surface area contributed by atoms with Gasteiger partial charge >= 0.3 is 0 Å². The fraction of sp³-hybridized carbons (Fsp3) is 0.714. The van der Waals surface area contributed by atoms with Gasteiger partial charge in [-0.15, -0.1) is 0 Å². The minimum atomic E-state index is -0.565. The number of hydrogen-bond donors (Lipinski definition) is 0. The lowest BCUT2D eigenvalue weighted by molar-refractivity contribution is -0.398. The van der Waals surface area contributed by atoms with Crippen LogP contribution in [-0.2, 0) is 19.4 Å². The average Bonchev–Trinajstić information content (AvgIpc) is 2.48. The van der Waals surface area contributed by atoms with Crippen LogP contribution in [0.4, 0.5) is 0 Å². The first kappa shape index (κ1) is 15.9. The Balaban J connectivity index is 2.48. The number of hydrogen-bond acceptors (Lipinski definition) is 4. The van der Waals surface area contributed by atoms with Crippen molar-refractivity contribution < 1.29 is 19.4 Å². The van der Waals surface area contributed by atoms with Crippen LogP contribution in [-0.4, -0.2) is 34.5 Å². The second-order valence-electron chi connectivity index (χ2n) is 6.41. The van der Waals surface area contributed by atoms with Gasteiger partial charge in [-0.3, -0.25) is 14.5 Å². The van der Waals surface area contributed by atoms with Crippen molar-refractivity contribution >= 4 is 11.8 Å². The Bertz CT molecular complexity index is 404. The lowest BCUT2D eigenvalue weighted by atomic mass is 10.1. The van der Waals surface area contributed by atoms with Crippen LogP contribution in [0.15, 0.2) is 11.6 Å². The van der Waals surface area contributed by atoms with Crippen molar-refractivity contribution in [2.75, 3.05) is 6.54 Å². The predicted octanol–water partition coefficient (Wildman–Crippen LogP) is 2.22. The zero-order valence-corrected chi connectivity index (χ0v) is 12.6. The molecular weight excluding hydrogens is 246 g/mol. The van der Waals surface area contributed by atoms with Gasteiger partial charge in [0.2, 0.25) is 0 Å². The summed E-state index contributed by atoms with van der Waals surface area (Å²) in [6, 6.07) is 0. The molecule has 19 heavy (non-hydrogen) atoms. The molecule has 0 aromatic heterocycles. The third-order valence-electron chi connectivity index (χ3n) is 2.64. The normalized spacial score (nSPS) is 17.2. The Kier molecular flexibility index (Phi) is 4.53. The molecule has 0 aliphatic carbocycles. The van der Waals surface area contributed by atoms with Crippen molar-refractivity contribution in [3.8, 4) is 0 Å². The molecule has 0 N–H and O–H groups in total. The van der Waals surface area contributed by atoms with E-state index in [1.807, 2.05) is 34.6 Å². The van der Waals surface area contributed by atoms with Gasteiger partial charge in [0.25, 0.3) is 11.8 Å². The standard InChI is InChI=1S/C14H23NO4/c1-10-9-11(16)15(12(10)17)8-7-14(5,6)19-18-13(2,3)4/h9H,7-8H2,1-6H3. The first-order valence-electron chi connectivity index (χ1n) is 6.43. The van der Waals surface area contributed by atoms with Crippen molar-refractivity contribution in [2.24, 2.45) is 0 Å². The summed E-state index contributed by atoms with van der Waals surface area (Å²) in [4.78, 5) is 35.2. The maximum Gasteiger partial charge on any atom is 0.256 e.